The van der Waals surface area contributed by atoms with Crippen LogP contribution in [0.25, 0.3) is 5.69 Å². The van der Waals surface area contributed by atoms with Crippen LogP contribution in [0.2, 0.25) is 0 Å². The van der Waals surface area contributed by atoms with E-state index in [0.29, 0.717) is 12.1 Å². The first kappa shape index (κ1) is 14.2. The van der Waals surface area contributed by atoms with Crippen LogP contribution in [0.5, 0.6) is 0 Å². The van der Waals surface area contributed by atoms with E-state index in [4.69, 9.17) is 0 Å². The Morgan fingerprint density at radius 2 is 1.86 bits per heavy atom. The Kier molecular flexibility index (Phi) is 3.83. The second-order valence-electron chi connectivity index (χ2n) is 5.40. The minimum absolute atomic E-state index is 0.392. The van der Waals surface area contributed by atoms with E-state index in [0.717, 1.165) is 28.8 Å². The van der Waals surface area contributed by atoms with Gasteiger partial charge in [0, 0.05) is 6.42 Å². The Labute approximate surface area is 129 Å². The molecule has 22 heavy (non-hydrogen) atoms. The van der Waals surface area contributed by atoms with Gasteiger partial charge in [-0.25, -0.2) is 4.68 Å². The lowest BCUT2D eigenvalue weighted by atomic mass is 10.1. The number of benzene rings is 2. The number of hydrogen-bond donors (Lipinski definition) is 0. The van der Waals surface area contributed by atoms with Crippen molar-refractivity contribution >= 4 is 6.29 Å². The SMILES string of the molecule is Cc1ccc(-n2nnc(C=O)c2Cc2ccccc2)c(C)c1. The van der Waals surface area contributed by atoms with E-state index < -0.39 is 0 Å². The van der Waals surface area contributed by atoms with Crippen molar-refractivity contribution in [1.82, 2.24) is 15.0 Å². The van der Waals surface area contributed by atoms with Crippen LogP contribution < -0.4 is 0 Å². The minimum Gasteiger partial charge on any atom is -0.296 e. The molecular weight excluding hydrogens is 274 g/mol. The van der Waals surface area contributed by atoms with Crippen molar-refractivity contribution in [3.8, 4) is 5.69 Å². The van der Waals surface area contributed by atoms with Crippen molar-refractivity contribution in [2.45, 2.75) is 20.3 Å². The molecule has 0 spiro atoms. The highest BCUT2D eigenvalue weighted by Crippen LogP contribution is 2.20. The van der Waals surface area contributed by atoms with Crippen LogP contribution in [0.4, 0.5) is 0 Å². The zero-order valence-electron chi connectivity index (χ0n) is 12.7. The molecule has 3 aromatic rings. The van der Waals surface area contributed by atoms with Crippen molar-refractivity contribution in [2.75, 3.05) is 0 Å². The van der Waals surface area contributed by atoms with E-state index in [1.165, 1.54) is 5.56 Å². The molecule has 0 aliphatic heterocycles. The van der Waals surface area contributed by atoms with Gasteiger partial charge in [0.25, 0.3) is 0 Å². The highest BCUT2D eigenvalue weighted by molar-refractivity contribution is 5.74. The van der Waals surface area contributed by atoms with E-state index in [9.17, 15) is 4.79 Å². The lowest BCUT2D eigenvalue weighted by Gasteiger charge is -2.10. The minimum atomic E-state index is 0.392. The summed E-state index contributed by atoms with van der Waals surface area (Å²) in [7, 11) is 0. The summed E-state index contributed by atoms with van der Waals surface area (Å²) in [5.41, 5.74) is 5.59. The van der Waals surface area contributed by atoms with Crippen LogP contribution in [0.15, 0.2) is 48.5 Å². The molecule has 3 rings (SSSR count). The number of carbonyl (C=O) groups is 1. The number of nitrogens with zero attached hydrogens (tertiary/aromatic N) is 3. The van der Waals surface area contributed by atoms with Crippen molar-refractivity contribution < 1.29 is 4.79 Å². The molecule has 0 aliphatic rings. The highest BCUT2D eigenvalue weighted by Gasteiger charge is 2.15. The van der Waals surface area contributed by atoms with E-state index in [1.54, 1.807) is 4.68 Å². The molecule has 1 aromatic heterocycles. The summed E-state index contributed by atoms with van der Waals surface area (Å²) in [6.45, 7) is 4.09. The largest absolute Gasteiger partial charge is 0.296 e. The van der Waals surface area contributed by atoms with Crippen LogP contribution in [0.1, 0.15) is 32.9 Å². The average Bonchev–Trinajstić information content (AvgIpc) is 2.91. The lowest BCUT2D eigenvalue weighted by Crippen LogP contribution is -2.06. The van der Waals surface area contributed by atoms with Gasteiger partial charge in [0.2, 0.25) is 0 Å². The van der Waals surface area contributed by atoms with Gasteiger partial charge in [-0.05, 0) is 31.0 Å². The fourth-order valence-corrected chi connectivity index (χ4v) is 2.60. The molecule has 0 N–H and O–H groups in total. The van der Waals surface area contributed by atoms with Crippen LogP contribution >= 0.6 is 0 Å². The summed E-state index contributed by atoms with van der Waals surface area (Å²) in [6.07, 6.45) is 1.39. The third-order valence-corrected chi connectivity index (χ3v) is 3.70. The van der Waals surface area contributed by atoms with Crippen LogP contribution in [0, 0.1) is 13.8 Å². The predicted molar refractivity (Wildman–Crippen MR) is 85.5 cm³/mol. The Morgan fingerprint density at radius 3 is 2.55 bits per heavy atom. The highest BCUT2D eigenvalue weighted by atomic mass is 16.1. The van der Waals surface area contributed by atoms with Crippen molar-refractivity contribution in [3.63, 3.8) is 0 Å². The van der Waals surface area contributed by atoms with Gasteiger partial charge in [-0.15, -0.1) is 5.10 Å². The molecule has 0 saturated heterocycles. The maximum Gasteiger partial charge on any atom is 0.172 e. The molecule has 4 heteroatoms. The number of rotatable bonds is 4. The van der Waals surface area contributed by atoms with E-state index in [1.807, 2.05) is 49.4 Å². The zero-order valence-corrected chi connectivity index (χ0v) is 12.7. The number of carbonyl (C=O) groups excluding carboxylic acids is 1. The third-order valence-electron chi connectivity index (χ3n) is 3.70. The van der Waals surface area contributed by atoms with Crippen molar-refractivity contribution in [1.29, 1.82) is 0 Å². The summed E-state index contributed by atoms with van der Waals surface area (Å²) < 4.78 is 1.77. The van der Waals surface area contributed by atoms with Gasteiger partial charge in [0.1, 0.15) is 5.69 Å². The molecular formula is C18H17N3O. The topological polar surface area (TPSA) is 47.8 Å². The molecule has 4 nitrogen and oxygen atoms in total. The maximum absolute atomic E-state index is 11.3. The first-order valence-corrected chi connectivity index (χ1v) is 7.20. The Morgan fingerprint density at radius 1 is 1.09 bits per heavy atom. The smallest absolute Gasteiger partial charge is 0.172 e. The second kappa shape index (κ2) is 5.93. The molecule has 0 unspecified atom stereocenters. The predicted octanol–water partition coefficient (Wildman–Crippen LogP) is 3.29. The molecule has 0 fully saturated rings. The summed E-state index contributed by atoms with van der Waals surface area (Å²) in [4.78, 5) is 11.3. The lowest BCUT2D eigenvalue weighted by molar-refractivity contribution is 0.111. The van der Waals surface area contributed by atoms with Gasteiger partial charge in [0.05, 0.1) is 11.4 Å². The van der Waals surface area contributed by atoms with Crippen molar-refractivity contribution in [3.05, 3.63) is 76.6 Å². The monoisotopic (exact) mass is 291 g/mol. The maximum atomic E-state index is 11.3. The second-order valence-corrected chi connectivity index (χ2v) is 5.40. The van der Waals surface area contributed by atoms with Gasteiger partial charge < -0.3 is 0 Å². The first-order valence-electron chi connectivity index (χ1n) is 7.20. The van der Waals surface area contributed by atoms with E-state index >= 15 is 0 Å². The van der Waals surface area contributed by atoms with Gasteiger partial charge in [-0.2, -0.15) is 0 Å². The molecule has 0 atom stereocenters. The summed E-state index contributed by atoms with van der Waals surface area (Å²) in [5.74, 6) is 0. The van der Waals surface area contributed by atoms with Crippen LogP contribution in [-0.2, 0) is 6.42 Å². The summed E-state index contributed by atoms with van der Waals surface area (Å²) in [6, 6.07) is 16.2. The molecule has 1 heterocycles. The number of hydrogen-bond acceptors (Lipinski definition) is 3. The van der Waals surface area contributed by atoms with Gasteiger partial charge in [0.15, 0.2) is 6.29 Å². The molecule has 0 radical (unpaired) electrons. The quantitative estimate of drug-likeness (QED) is 0.693. The summed E-state index contributed by atoms with van der Waals surface area (Å²) >= 11 is 0. The van der Waals surface area contributed by atoms with Crippen LogP contribution in [0.3, 0.4) is 0 Å². The fraction of sp³-hybridized carbons (Fsp3) is 0.167. The van der Waals surface area contributed by atoms with Crippen LogP contribution in [-0.4, -0.2) is 21.3 Å². The first-order chi connectivity index (χ1) is 10.7. The van der Waals surface area contributed by atoms with E-state index in [2.05, 4.69) is 23.3 Å². The Balaban J connectivity index is 2.09. The van der Waals surface area contributed by atoms with Gasteiger partial charge in [-0.3, -0.25) is 4.79 Å². The molecule has 0 saturated carbocycles. The van der Waals surface area contributed by atoms with Crippen molar-refractivity contribution in [2.24, 2.45) is 0 Å². The normalized spacial score (nSPS) is 10.6. The zero-order chi connectivity index (χ0) is 15.5. The molecule has 0 bridgehead atoms. The summed E-state index contributed by atoms with van der Waals surface area (Å²) in [5, 5.41) is 8.19. The fourth-order valence-electron chi connectivity index (χ4n) is 2.60. The number of aryl methyl sites for hydroxylation is 2. The number of aldehydes is 1. The molecule has 110 valence electrons. The van der Waals surface area contributed by atoms with Gasteiger partial charge >= 0.3 is 0 Å². The third kappa shape index (κ3) is 2.68. The average molecular weight is 291 g/mol. The molecule has 0 aliphatic carbocycles. The van der Waals surface area contributed by atoms with Gasteiger partial charge in [-0.1, -0.05) is 53.2 Å². The standard InChI is InChI=1S/C18H17N3O/c1-13-8-9-17(14(2)10-13)21-18(16(12-22)19-20-21)11-15-6-4-3-5-7-15/h3-10,12H,11H2,1-2H3. The Hall–Kier alpha value is -2.75. The number of aromatic nitrogens is 3. The molecule has 0 amide bonds. The Bertz CT molecular complexity index is 806. The van der Waals surface area contributed by atoms with E-state index in [-0.39, 0.29) is 0 Å². The molecule has 2 aromatic carbocycles.